The van der Waals surface area contributed by atoms with Crippen LogP contribution < -0.4 is 10.6 Å². The number of methoxy groups -OCH3 is 1. The maximum atomic E-state index is 4.95. The summed E-state index contributed by atoms with van der Waals surface area (Å²) in [5.74, 6) is 0.623. The van der Waals surface area contributed by atoms with Crippen LogP contribution in [0.25, 0.3) is 0 Å². The predicted molar refractivity (Wildman–Crippen MR) is 64.6 cm³/mol. The molecule has 0 spiro atoms. The van der Waals surface area contributed by atoms with Crippen molar-refractivity contribution < 1.29 is 4.74 Å². The van der Waals surface area contributed by atoms with Crippen LogP contribution in [-0.2, 0) is 4.74 Å². The minimum Gasteiger partial charge on any atom is -0.365 e. The van der Waals surface area contributed by atoms with Crippen LogP contribution >= 0.6 is 0 Å². The van der Waals surface area contributed by atoms with Crippen LogP contribution in [0.15, 0.2) is 18.3 Å². The van der Waals surface area contributed by atoms with Gasteiger partial charge in [-0.05, 0) is 38.1 Å². The van der Waals surface area contributed by atoms with Crippen molar-refractivity contribution in [3.63, 3.8) is 0 Å². The molecule has 0 unspecified atom stereocenters. The fourth-order valence-electron chi connectivity index (χ4n) is 2.02. The molecule has 2 heterocycles. The van der Waals surface area contributed by atoms with Gasteiger partial charge >= 0.3 is 0 Å². The van der Waals surface area contributed by atoms with Gasteiger partial charge in [-0.2, -0.15) is 0 Å². The summed E-state index contributed by atoms with van der Waals surface area (Å²) < 4.78 is 4.95. The minimum atomic E-state index is 0.522. The normalized spacial score (nSPS) is 17.3. The maximum absolute atomic E-state index is 4.95. The minimum absolute atomic E-state index is 0.522. The Morgan fingerprint density at radius 1 is 1.44 bits per heavy atom. The Morgan fingerprint density at radius 2 is 2.25 bits per heavy atom. The largest absolute Gasteiger partial charge is 0.365 e. The van der Waals surface area contributed by atoms with Crippen LogP contribution in [-0.4, -0.2) is 31.9 Å². The lowest BCUT2D eigenvalue weighted by molar-refractivity contribution is 0.221. The molecule has 1 aliphatic heterocycles. The number of ether oxygens (including phenoxy) is 1. The molecule has 0 aromatic carbocycles. The Labute approximate surface area is 96.4 Å². The third kappa shape index (κ3) is 2.93. The first-order valence-corrected chi connectivity index (χ1v) is 5.79. The van der Waals surface area contributed by atoms with E-state index >= 15 is 0 Å². The molecule has 2 N–H and O–H groups in total. The molecular weight excluding hydrogens is 202 g/mol. The first-order valence-electron chi connectivity index (χ1n) is 5.79. The van der Waals surface area contributed by atoms with Crippen molar-refractivity contribution in [2.45, 2.75) is 18.8 Å². The molecule has 1 saturated heterocycles. The molecule has 1 aromatic heterocycles. The molecule has 0 amide bonds. The second kappa shape index (κ2) is 5.82. The second-order valence-electron chi connectivity index (χ2n) is 4.11. The number of aromatic nitrogens is 1. The van der Waals surface area contributed by atoms with E-state index in [0.717, 1.165) is 18.8 Å². The van der Waals surface area contributed by atoms with Crippen molar-refractivity contribution in [1.82, 2.24) is 10.3 Å². The smallest absolute Gasteiger partial charge is 0.116 e. The molecule has 16 heavy (non-hydrogen) atoms. The number of hydrogen-bond acceptors (Lipinski definition) is 4. The van der Waals surface area contributed by atoms with Gasteiger partial charge in [-0.3, -0.25) is 4.98 Å². The topological polar surface area (TPSA) is 46.2 Å². The standard InChI is InChI=1S/C12H19N3O/c1-16-9-15-11-2-3-12(14-8-11)10-4-6-13-7-5-10/h2-3,8,10,13,15H,4-7,9H2,1H3. The molecule has 0 saturated carbocycles. The number of pyridine rings is 1. The van der Waals surface area contributed by atoms with Crippen LogP contribution in [0.3, 0.4) is 0 Å². The fraction of sp³-hybridized carbons (Fsp3) is 0.583. The summed E-state index contributed by atoms with van der Waals surface area (Å²) >= 11 is 0. The van der Waals surface area contributed by atoms with Gasteiger partial charge in [0, 0.05) is 18.7 Å². The average molecular weight is 221 g/mol. The number of anilines is 1. The Bertz CT molecular complexity index is 307. The molecule has 0 bridgehead atoms. The van der Waals surface area contributed by atoms with Crippen molar-refractivity contribution in [3.05, 3.63) is 24.0 Å². The van der Waals surface area contributed by atoms with Crippen LogP contribution in [0.1, 0.15) is 24.5 Å². The van der Waals surface area contributed by atoms with Gasteiger partial charge in [0.15, 0.2) is 0 Å². The van der Waals surface area contributed by atoms with Crippen molar-refractivity contribution in [3.8, 4) is 0 Å². The fourth-order valence-corrected chi connectivity index (χ4v) is 2.02. The average Bonchev–Trinajstić information content (AvgIpc) is 2.38. The molecule has 4 heteroatoms. The number of rotatable bonds is 4. The Kier molecular flexibility index (Phi) is 4.13. The monoisotopic (exact) mass is 221 g/mol. The van der Waals surface area contributed by atoms with Crippen molar-refractivity contribution in [2.75, 3.05) is 32.2 Å². The Balaban J connectivity index is 1.95. The van der Waals surface area contributed by atoms with Crippen LogP contribution in [0.2, 0.25) is 0 Å². The first-order chi connectivity index (χ1) is 7.90. The lowest BCUT2D eigenvalue weighted by Crippen LogP contribution is -2.27. The van der Waals surface area contributed by atoms with Gasteiger partial charge in [0.2, 0.25) is 0 Å². The van der Waals surface area contributed by atoms with Gasteiger partial charge in [0.1, 0.15) is 6.73 Å². The molecule has 0 radical (unpaired) electrons. The van der Waals surface area contributed by atoms with Gasteiger partial charge in [-0.1, -0.05) is 0 Å². The Morgan fingerprint density at radius 3 is 2.88 bits per heavy atom. The highest BCUT2D eigenvalue weighted by Crippen LogP contribution is 2.23. The van der Waals surface area contributed by atoms with E-state index in [0.29, 0.717) is 12.6 Å². The zero-order valence-electron chi connectivity index (χ0n) is 9.70. The Hall–Kier alpha value is -1.13. The van der Waals surface area contributed by atoms with Crippen molar-refractivity contribution in [2.24, 2.45) is 0 Å². The third-order valence-corrected chi connectivity index (χ3v) is 2.96. The van der Waals surface area contributed by atoms with Gasteiger partial charge in [-0.15, -0.1) is 0 Å². The highest BCUT2D eigenvalue weighted by Gasteiger charge is 2.15. The second-order valence-corrected chi connectivity index (χ2v) is 4.11. The van der Waals surface area contributed by atoms with E-state index in [4.69, 9.17) is 4.74 Å². The van der Waals surface area contributed by atoms with Crippen molar-refractivity contribution >= 4 is 5.69 Å². The molecule has 1 fully saturated rings. The van der Waals surface area contributed by atoms with E-state index in [1.54, 1.807) is 7.11 Å². The van der Waals surface area contributed by atoms with E-state index in [-0.39, 0.29) is 0 Å². The van der Waals surface area contributed by atoms with E-state index in [1.165, 1.54) is 18.5 Å². The SMILES string of the molecule is COCNc1ccc(C2CCNCC2)nc1. The predicted octanol–water partition coefficient (Wildman–Crippen LogP) is 1.56. The molecular formula is C12H19N3O. The highest BCUT2D eigenvalue weighted by molar-refractivity contribution is 5.40. The summed E-state index contributed by atoms with van der Waals surface area (Å²) in [4.78, 5) is 4.51. The van der Waals surface area contributed by atoms with Crippen molar-refractivity contribution in [1.29, 1.82) is 0 Å². The van der Waals surface area contributed by atoms with Gasteiger partial charge in [0.25, 0.3) is 0 Å². The molecule has 1 aromatic rings. The molecule has 0 aliphatic carbocycles. The molecule has 2 rings (SSSR count). The highest BCUT2D eigenvalue weighted by atomic mass is 16.5. The van der Waals surface area contributed by atoms with Gasteiger partial charge in [-0.25, -0.2) is 0 Å². The number of piperidine rings is 1. The van der Waals surface area contributed by atoms with E-state index in [9.17, 15) is 0 Å². The number of nitrogens with zero attached hydrogens (tertiary/aromatic N) is 1. The lowest BCUT2D eigenvalue weighted by atomic mass is 9.94. The summed E-state index contributed by atoms with van der Waals surface area (Å²) in [6, 6.07) is 4.19. The van der Waals surface area contributed by atoms with Crippen LogP contribution in [0, 0.1) is 0 Å². The third-order valence-electron chi connectivity index (χ3n) is 2.96. The number of hydrogen-bond donors (Lipinski definition) is 2. The molecule has 4 nitrogen and oxygen atoms in total. The molecule has 0 atom stereocenters. The quantitative estimate of drug-likeness (QED) is 0.758. The summed E-state index contributed by atoms with van der Waals surface area (Å²) in [6.45, 7) is 2.74. The summed E-state index contributed by atoms with van der Waals surface area (Å²) in [5.41, 5.74) is 2.23. The van der Waals surface area contributed by atoms with Crippen LogP contribution in [0.5, 0.6) is 0 Å². The first kappa shape index (κ1) is 11.4. The molecule has 1 aliphatic rings. The summed E-state index contributed by atoms with van der Waals surface area (Å²) in [5, 5.41) is 6.49. The van der Waals surface area contributed by atoms with Crippen LogP contribution in [0.4, 0.5) is 5.69 Å². The zero-order valence-corrected chi connectivity index (χ0v) is 9.70. The lowest BCUT2D eigenvalue weighted by Gasteiger charge is -2.22. The molecule has 88 valence electrons. The van der Waals surface area contributed by atoms with E-state index < -0.39 is 0 Å². The van der Waals surface area contributed by atoms with Gasteiger partial charge in [0.05, 0.1) is 11.9 Å². The summed E-state index contributed by atoms with van der Waals surface area (Å²) in [6.07, 6.45) is 4.27. The number of nitrogens with one attached hydrogen (secondary N) is 2. The maximum Gasteiger partial charge on any atom is 0.116 e. The summed E-state index contributed by atoms with van der Waals surface area (Å²) in [7, 11) is 1.67. The van der Waals surface area contributed by atoms with E-state index in [1.807, 2.05) is 6.20 Å². The van der Waals surface area contributed by atoms with Gasteiger partial charge < -0.3 is 15.4 Å². The van der Waals surface area contributed by atoms with E-state index in [2.05, 4.69) is 27.8 Å². The zero-order chi connectivity index (χ0) is 11.2.